The van der Waals surface area contributed by atoms with E-state index in [2.05, 4.69) is 86.4 Å². The van der Waals surface area contributed by atoms with Crippen LogP contribution in [0, 0.1) is 0 Å². The maximum absolute atomic E-state index is 5.70. The second kappa shape index (κ2) is 11.3. The molecule has 2 bridgehead atoms. The Kier molecular flexibility index (Phi) is 8.74. The maximum Gasteiger partial charge on any atom is 0.101 e. The standard InChI is InChI=1S/C27H40N2OS/c1-7-20(2)11-10-14-27(21(3)31-6)29(24-12-8-9-13-26(19-24)30-5)25-17-22-15-16-23(18-25)28(22)4/h7-12,19,22-23,25H,13-18H2,1-6H3/b11-10?,20-7-,27-21-. The number of allylic oxidation sites excluding steroid dienone is 9. The Morgan fingerprint density at radius 2 is 1.97 bits per heavy atom. The van der Waals surface area contributed by atoms with Crippen molar-refractivity contribution in [1.82, 2.24) is 9.80 Å². The summed E-state index contributed by atoms with van der Waals surface area (Å²) in [5.41, 5.74) is 4.00. The van der Waals surface area contributed by atoms with Gasteiger partial charge in [0.15, 0.2) is 0 Å². The SMILES string of the molecule is C/C=C(/C)C=CC/C(=C(\C)SC)N(C1=CC=CCC(OC)=C1)C1CC2CCC(C1)N2C. The number of nitrogens with zero attached hydrogens (tertiary/aromatic N) is 2. The monoisotopic (exact) mass is 440 g/mol. The molecule has 3 rings (SSSR count). The third-order valence-corrected chi connectivity index (χ3v) is 8.01. The molecule has 170 valence electrons. The van der Waals surface area contributed by atoms with Crippen LogP contribution in [-0.4, -0.2) is 48.3 Å². The van der Waals surface area contributed by atoms with Gasteiger partial charge in [-0.1, -0.05) is 36.0 Å². The number of hydrogen-bond acceptors (Lipinski definition) is 4. The van der Waals surface area contributed by atoms with Gasteiger partial charge in [-0.3, -0.25) is 0 Å². The van der Waals surface area contributed by atoms with Crippen LogP contribution in [0.3, 0.4) is 0 Å². The van der Waals surface area contributed by atoms with Crippen molar-refractivity contribution in [3.63, 3.8) is 0 Å². The zero-order valence-electron chi connectivity index (χ0n) is 20.2. The van der Waals surface area contributed by atoms with Gasteiger partial charge in [0.2, 0.25) is 0 Å². The fourth-order valence-corrected chi connectivity index (χ4v) is 5.50. The van der Waals surface area contributed by atoms with Crippen LogP contribution < -0.4 is 0 Å². The molecule has 0 aromatic rings. The first-order chi connectivity index (χ1) is 15.0. The number of methoxy groups -OCH3 is 1. The molecule has 0 radical (unpaired) electrons. The van der Waals surface area contributed by atoms with Crippen LogP contribution >= 0.6 is 11.8 Å². The molecule has 0 aromatic heterocycles. The average molecular weight is 441 g/mol. The Hall–Kier alpha value is -1.65. The molecular formula is C27H40N2OS. The van der Waals surface area contributed by atoms with Crippen molar-refractivity contribution in [2.45, 2.75) is 77.4 Å². The number of hydrogen-bond donors (Lipinski definition) is 0. The van der Waals surface area contributed by atoms with Crippen molar-refractivity contribution in [3.8, 4) is 0 Å². The lowest BCUT2D eigenvalue weighted by atomic mass is 9.94. The number of rotatable bonds is 8. The van der Waals surface area contributed by atoms with Crippen LogP contribution in [0.5, 0.6) is 0 Å². The van der Waals surface area contributed by atoms with Crippen molar-refractivity contribution < 1.29 is 4.74 Å². The number of thioether (sulfide) groups is 1. The van der Waals surface area contributed by atoms with E-state index < -0.39 is 0 Å². The summed E-state index contributed by atoms with van der Waals surface area (Å²) >= 11 is 1.87. The fourth-order valence-electron chi connectivity index (χ4n) is 5.08. The normalized spacial score (nSPS) is 27.7. The highest BCUT2D eigenvalue weighted by molar-refractivity contribution is 8.02. The van der Waals surface area contributed by atoms with Gasteiger partial charge >= 0.3 is 0 Å². The molecule has 0 amide bonds. The van der Waals surface area contributed by atoms with E-state index in [1.54, 1.807) is 7.11 Å². The summed E-state index contributed by atoms with van der Waals surface area (Å²) in [7, 11) is 4.11. The van der Waals surface area contributed by atoms with Crippen molar-refractivity contribution >= 4 is 11.8 Å². The molecule has 3 nitrogen and oxygen atoms in total. The maximum atomic E-state index is 5.70. The van der Waals surface area contributed by atoms with E-state index in [1.807, 2.05) is 11.8 Å². The second-order valence-electron chi connectivity index (χ2n) is 8.93. The molecular weight excluding hydrogens is 400 g/mol. The fraction of sp³-hybridized carbons (Fsp3) is 0.556. The Bertz CT molecular complexity index is 803. The van der Waals surface area contributed by atoms with Gasteiger partial charge in [0, 0.05) is 47.3 Å². The lowest BCUT2D eigenvalue weighted by Gasteiger charge is -2.44. The summed E-state index contributed by atoms with van der Waals surface area (Å²) in [6, 6.07) is 1.93. The zero-order chi connectivity index (χ0) is 22.4. The first-order valence-corrected chi connectivity index (χ1v) is 12.9. The topological polar surface area (TPSA) is 15.7 Å². The molecule has 2 saturated heterocycles. The van der Waals surface area contributed by atoms with Crippen LogP contribution in [0.1, 0.15) is 59.3 Å². The van der Waals surface area contributed by atoms with E-state index >= 15 is 0 Å². The molecule has 0 N–H and O–H groups in total. The molecule has 31 heavy (non-hydrogen) atoms. The quantitative estimate of drug-likeness (QED) is 0.386. The second-order valence-corrected chi connectivity index (χ2v) is 9.95. The van der Waals surface area contributed by atoms with Crippen molar-refractivity contribution in [3.05, 3.63) is 70.2 Å². The molecule has 0 aromatic carbocycles. The van der Waals surface area contributed by atoms with Crippen LogP contribution in [0.15, 0.2) is 70.2 Å². The molecule has 3 aliphatic rings. The first-order valence-electron chi connectivity index (χ1n) is 11.6. The van der Waals surface area contributed by atoms with Gasteiger partial charge in [-0.2, -0.15) is 0 Å². The summed E-state index contributed by atoms with van der Waals surface area (Å²) < 4.78 is 5.70. The summed E-state index contributed by atoms with van der Waals surface area (Å²) in [6.07, 6.45) is 24.8. The summed E-state index contributed by atoms with van der Waals surface area (Å²) in [5, 5.41) is 0. The molecule has 2 aliphatic heterocycles. The molecule has 2 unspecified atom stereocenters. The predicted octanol–water partition coefficient (Wildman–Crippen LogP) is 6.79. The lowest BCUT2D eigenvalue weighted by molar-refractivity contribution is 0.110. The largest absolute Gasteiger partial charge is 0.501 e. The third kappa shape index (κ3) is 5.78. The van der Waals surface area contributed by atoms with Gasteiger partial charge in [-0.15, -0.1) is 11.8 Å². The van der Waals surface area contributed by atoms with E-state index in [0.717, 1.165) is 18.6 Å². The Labute approximate surface area is 194 Å². The van der Waals surface area contributed by atoms with Crippen LogP contribution in [-0.2, 0) is 4.74 Å². The lowest BCUT2D eigenvalue weighted by Crippen LogP contribution is -2.48. The Morgan fingerprint density at radius 3 is 2.58 bits per heavy atom. The molecule has 2 fully saturated rings. The molecule has 2 heterocycles. The molecule has 0 saturated carbocycles. The molecule has 4 heteroatoms. The number of fused-ring (bicyclic) bond motifs is 2. The molecule has 1 aliphatic carbocycles. The highest BCUT2D eigenvalue weighted by Gasteiger charge is 2.41. The average Bonchev–Trinajstić information content (AvgIpc) is 2.99. The minimum atomic E-state index is 0.522. The minimum Gasteiger partial charge on any atom is -0.501 e. The van der Waals surface area contributed by atoms with Crippen LogP contribution in [0.2, 0.25) is 0 Å². The van der Waals surface area contributed by atoms with E-state index in [-0.39, 0.29) is 0 Å². The highest BCUT2D eigenvalue weighted by Crippen LogP contribution is 2.41. The van der Waals surface area contributed by atoms with E-state index in [0.29, 0.717) is 18.1 Å². The van der Waals surface area contributed by atoms with E-state index in [9.17, 15) is 0 Å². The number of piperidine rings is 1. The number of ether oxygens (including phenoxy) is 1. The summed E-state index contributed by atoms with van der Waals surface area (Å²) in [6.45, 7) is 6.55. The minimum absolute atomic E-state index is 0.522. The van der Waals surface area contributed by atoms with Crippen LogP contribution in [0.4, 0.5) is 0 Å². The summed E-state index contributed by atoms with van der Waals surface area (Å²) in [4.78, 5) is 6.69. The van der Waals surface area contributed by atoms with E-state index in [1.165, 1.54) is 47.6 Å². The smallest absolute Gasteiger partial charge is 0.101 e. The van der Waals surface area contributed by atoms with Crippen molar-refractivity contribution in [2.75, 3.05) is 20.4 Å². The van der Waals surface area contributed by atoms with Crippen molar-refractivity contribution in [2.24, 2.45) is 0 Å². The van der Waals surface area contributed by atoms with Gasteiger partial charge < -0.3 is 14.5 Å². The van der Waals surface area contributed by atoms with Gasteiger partial charge in [-0.25, -0.2) is 0 Å². The Balaban J connectivity index is 2.02. The molecule has 2 atom stereocenters. The van der Waals surface area contributed by atoms with Gasteiger partial charge in [0.25, 0.3) is 0 Å². The van der Waals surface area contributed by atoms with Gasteiger partial charge in [0.05, 0.1) is 7.11 Å². The van der Waals surface area contributed by atoms with Crippen LogP contribution in [0.25, 0.3) is 0 Å². The predicted molar refractivity (Wildman–Crippen MR) is 136 cm³/mol. The van der Waals surface area contributed by atoms with Gasteiger partial charge in [0.1, 0.15) is 5.76 Å². The third-order valence-electron chi connectivity index (χ3n) is 7.16. The summed E-state index contributed by atoms with van der Waals surface area (Å²) in [5.74, 6) is 1.03. The zero-order valence-corrected chi connectivity index (χ0v) is 21.0. The highest BCUT2D eigenvalue weighted by atomic mass is 32.2. The van der Waals surface area contributed by atoms with Gasteiger partial charge in [-0.05, 0) is 71.9 Å². The molecule has 0 spiro atoms. The van der Waals surface area contributed by atoms with Crippen molar-refractivity contribution in [1.29, 1.82) is 0 Å². The van der Waals surface area contributed by atoms with E-state index in [4.69, 9.17) is 4.74 Å². The first kappa shape index (κ1) is 24.0. The Morgan fingerprint density at radius 1 is 1.26 bits per heavy atom.